The highest BCUT2D eigenvalue weighted by Crippen LogP contribution is 2.15. The molecule has 1 amide bonds. The number of nitrogens with two attached hydrogens (primary N) is 1. The Morgan fingerprint density at radius 2 is 2.28 bits per heavy atom. The van der Waals surface area contributed by atoms with Crippen molar-refractivity contribution >= 4 is 28.8 Å². The number of aromatic amines is 2. The Balaban J connectivity index is 1.91. The number of fused-ring (bicyclic) bond motifs is 1. The van der Waals surface area contributed by atoms with Gasteiger partial charge in [0, 0.05) is 18.0 Å². The lowest BCUT2D eigenvalue weighted by Crippen LogP contribution is -2.12. The summed E-state index contributed by atoms with van der Waals surface area (Å²) in [6.45, 7) is 0. The van der Waals surface area contributed by atoms with Gasteiger partial charge in [-0.1, -0.05) is 0 Å². The maximum Gasteiger partial charge on any atom is 0.258 e. The van der Waals surface area contributed by atoms with Crippen molar-refractivity contribution in [2.24, 2.45) is 0 Å². The van der Waals surface area contributed by atoms with Crippen molar-refractivity contribution < 1.29 is 4.79 Å². The van der Waals surface area contributed by atoms with Gasteiger partial charge in [0.25, 0.3) is 5.91 Å². The maximum absolute atomic E-state index is 11.9. The number of carbonyl (C=O) groups is 1. The largest absolute Gasteiger partial charge is 0.369 e. The minimum atomic E-state index is -0.250. The summed E-state index contributed by atoms with van der Waals surface area (Å²) in [5, 5.41) is 2.64. The van der Waals surface area contributed by atoms with Gasteiger partial charge in [-0.05, 0) is 18.2 Å². The number of nitrogen functional groups attached to an aromatic ring is 1. The molecule has 0 aliphatic rings. The zero-order valence-electron chi connectivity index (χ0n) is 9.27. The van der Waals surface area contributed by atoms with E-state index in [1.165, 1.54) is 0 Å². The number of anilines is 2. The van der Waals surface area contributed by atoms with Crippen molar-refractivity contribution in [1.82, 2.24) is 19.9 Å². The average molecular weight is 242 g/mol. The molecule has 0 aliphatic carbocycles. The molecule has 90 valence electrons. The zero-order valence-corrected chi connectivity index (χ0v) is 9.27. The molecule has 0 saturated carbocycles. The first kappa shape index (κ1) is 10.3. The van der Waals surface area contributed by atoms with Crippen LogP contribution < -0.4 is 11.1 Å². The lowest BCUT2D eigenvalue weighted by Gasteiger charge is -2.01. The van der Waals surface area contributed by atoms with Gasteiger partial charge in [-0.3, -0.25) is 10.1 Å². The molecule has 0 spiro atoms. The second-order valence-corrected chi connectivity index (χ2v) is 3.75. The number of nitrogens with zero attached hydrogens (tertiary/aromatic N) is 2. The second kappa shape index (κ2) is 3.88. The Morgan fingerprint density at radius 3 is 3.06 bits per heavy atom. The van der Waals surface area contributed by atoms with Crippen molar-refractivity contribution in [3.8, 4) is 0 Å². The minimum absolute atomic E-state index is 0.250. The van der Waals surface area contributed by atoms with E-state index in [-0.39, 0.29) is 5.91 Å². The number of hydrogen-bond acceptors (Lipinski definition) is 4. The van der Waals surface area contributed by atoms with Gasteiger partial charge in [0.1, 0.15) is 0 Å². The topological polar surface area (TPSA) is 112 Å². The van der Waals surface area contributed by atoms with Crippen molar-refractivity contribution in [1.29, 1.82) is 0 Å². The van der Waals surface area contributed by atoms with Gasteiger partial charge in [-0.2, -0.15) is 0 Å². The predicted molar refractivity (Wildman–Crippen MR) is 67.0 cm³/mol. The summed E-state index contributed by atoms with van der Waals surface area (Å²) >= 11 is 0. The smallest absolute Gasteiger partial charge is 0.258 e. The molecule has 2 aromatic heterocycles. The lowest BCUT2D eigenvalue weighted by molar-refractivity contribution is 0.102. The number of amides is 1. The summed E-state index contributed by atoms with van der Waals surface area (Å²) in [5.41, 5.74) is 7.49. The SMILES string of the molecule is Nc1nc2ccc(C(=O)Nc3ncc[nH]3)cc2[nH]1. The molecule has 0 saturated heterocycles. The first-order valence-electron chi connectivity index (χ1n) is 5.28. The van der Waals surface area contributed by atoms with E-state index in [4.69, 9.17) is 5.73 Å². The summed E-state index contributed by atoms with van der Waals surface area (Å²) in [6, 6.07) is 5.11. The number of carbonyl (C=O) groups excluding carboxylic acids is 1. The Hall–Kier alpha value is -2.83. The van der Waals surface area contributed by atoms with E-state index in [1.807, 2.05) is 0 Å². The number of imidazole rings is 2. The zero-order chi connectivity index (χ0) is 12.5. The molecule has 3 aromatic rings. The molecular weight excluding hydrogens is 232 g/mol. The highest BCUT2D eigenvalue weighted by Gasteiger charge is 2.09. The molecule has 0 unspecified atom stereocenters. The molecule has 0 atom stereocenters. The van der Waals surface area contributed by atoms with E-state index in [0.717, 1.165) is 11.0 Å². The van der Waals surface area contributed by atoms with E-state index in [9.17, 15) is 4.79 Å². The monoisotopic (exact) mass is 242 g/mol. The van der Waals surface area contributed by atoms with Crippen LogP contribution in [0, 0.1) is 0 Å². The first-order chi connectivity index (χ1) is 8.72. The van der Waals surface area contributed by atoms with Crippen molar-refractivity contribution in [2.45, 2.75) is 0 Å². The molecule has 2 heterocycles. The van der Waals surface area contributed by atoms with Crippen LogP contribution in [0.15, 0.2) is 30.6 Å². The molecule has 7 nitrogen and oxygen atoms in total. The molecule has 18 heavy (non-hydrogen) atoms. The summed E-state index contributed by atoms with van der Waals surface area (Å²) in [7, 11) is 0. The second-order valence-electron chi connectivity index (χ2n) is 3.75. The molecular formula is C11H10N6O. The van der Waals surface area contributed by atoms with Crippen LogP contribution in [0.2, 0.25) is 0 Å². The third-order valence-corrected chi connectivity index (χ3v) is 2.49. The molecule has 0 fully saturated rings. The quantitative estimate of drug-likeness (QED) is 0.539. The highest BCUT2D eigenvalue weighted by molar-refractivity contribution is 6.05. The molecule has 7 heteroatoms. The summed E-state index contributed by atoms with van der Waals surface area (Å²) in [5.74, 6) is 0.484. The van der Waals surface area contributed by atoms with Crippen molar-refractivity contribution in [3.05, 3.63) is 36.2 Å². The number of hydrogen-bond donors (Lipinski definition) is 4. The van der Waals surface area contributed by atoms with Gasteiger partial charge in [0.15, 0.2) is 5.95 Å². The average Bonchev–Trinajstić information content (AvgIpc) is 2.95. The highest BCUT2D eigenvalue weighted by atomic mass is 16.1. The molecule has 1 aromatic carbocycles. The Bertz CT molecular complexity index is 699. The number of benzene rings is 1. The number of nitrogens with one attached hydrogen (secondary N) is 3. The van der Waals surface area contributed by atoms with E-state index < -0.39 is 0 Å². The van der Waals surface area contributed by atoms with Gasteiger partial charge >= 0.3 is 0 Å². The number of aromatic nitrogens is 4. The van der Waals surface area contributed by atoms with E-state index >= 15 is 0 Å². The first-order valence-corrected chi connectivity index (χ1v) is 5.28. The van der Waals surface area contributed by atoms with Crippen LogP contribution in [0.4, 0.5) is 11.9 Å². The van der Waals surface area contributed by atoms with Crippen LogP contribution in [0.25, 0.3) is 11.0 Å². The van der Waals surface area contributed by atoms with Gasteiger partial charge in [-0.15, -0.1) is 0 Å². The lowest BCUT2D eigenvalue weighted by atomic mass is 10.2. The van der Waals surface area contributed by atoms with Crippen LogP contribution in [0.5, 0.6) is 0 Å². The normalized spacial score (nSPS) is 10.7. The Labute approximate surface area is 101 Å². The molecule has 5 N–H and O–H groups in total. The van der Waals surface area contributed by atoms with Crippen LogP contribution in [0.1, 0.15) is 10.4 Å². The standard InChI is InChI=1S/C11H10N6O/c12-10-15-7-2-1-6(5-8(7)16-10)9(18)17-11-13-3-4-14-11/h1-5H,(H3,12,15,16)(H2,13,14,17,18). The third kappa shape index (κ3) is 1.77. The Kier molecular flexibility index (Phi) is 2.23. The van der Waals surface area contributed by atoms with E-state index in [0.29, 0.717) is 17.5 Å². The summed E-state index contributed by atoms with van der Waals surface area (Å²) in [6.07, 6.45) is 3.20. The van der Waals surface area contributed by atoms with Crippen LogP contribution >= 0.6 is 0 Å². The Morgan fingerprint density at radius 1 is 1.39 bits per heavy atom. The fraction of sp³-hybridized carbons (Fsp3) is 0. The predicted octanol–water partition coefficient (Wildman–Crippen LogP) is 1.12. The van der Waals surface area contributed by atoms with Gasteiger partial charge < -0.3 is 15.7 Å². The number of H-pyrrole nitrogens is 2. The maximum atomic E-state index is 11.9. The molecule has 0 aliphatic heterocycles. The van der Waals surface area contributed by atoms with Crippen LogP contribution in [-0.2, 0) is 0 Å². The number of rotatable bonds is 2. The van der Waals surface area contributed by atoms with Gasteiger partial charge in [-0.25, -0.2) is 9.97 Å². The van der Waals surface area contributed by atoms with E-state index in [1.54, 1.807) is 30.6 Å². The summed E-state index contributed by atoms with van der Waals surface area (Å²) < 4.78 is 0. The fourth-order valence-electron chi connectivity index (χ4n) is 1.68. The van der Waals surface area contributed by atoms with Gasteiger partial charge in [0.2, 0.25) is 5.95 Å². The van der Waals surface area contributed by atoms with Gasteiger partial charge in [0.05, 0.1) is 11.0 Å². The molecule has 0 bridgehead atoms. The van der Waals surface area contributed by atoms with Crippen LogP contribution in [-0.4, -0.2) is 25.8 Å². The third-order valence-electron chi connectivity index (χ3n) is 2.49. The molecule has 0 radical (unpaired) electrons. The molecule has 3 rings (SSSR count). The van der Waals surface area contributed by atoms with E-state index in [2.05, 4.69) is 25.3 Å². The van der Waals surface area contributed by atoms with Crippen molar-refractivity contribution in [3.63, 3.8) is 0 Å². The minimum Gasteiger partial charge on any atom is -0.369 e. The van der Waals surface area contributed by atoms with Crippen molar-refractivity contribution in [2.75, 3.05) is 11.1 Å². The summed E-state index contributed by atoms with van der Waals surface area (Å²) in [4.78, 5) is 25.6. The fourth-order valence-corrected chi connectivity index (χ4v) is 1.68. The van der Waals surface area contributed by atoms with Crippen LogP contribution in [0.3, 0.4) is 0 Å².